The van der Waals surface area contributed by atoms with Crippen LogP contribution in [0.5, 0.6) is 0 Å². The first kappa shape index (κ1) is 20.8. The van der Waals surface area contributed by atoms with Crippen molar-refractivity contribution in [2.24, 2.45) is 0 Å². The lowest BCUT2D eigenvalue weighted by molar-refractivity contribution is -0.142. The summed E-state index contributed by atoms with van der Waals surface area (Å²) in [4.78, 5) is 12.0. The third-order valence-corrected chi connectivity index (χ3v) is 5.55. The van der Waals surface area contributed by atoms with Gasteiger partial charge in [0.25, 0.3) is 0 Å². The van der Waals surface area contributed by atoms with Crippen molar-refractivity contribution in [3.8, 4) is 22.3 Å². The molecule has 0 unspecified atom stereocenters. The maximum Gasteiger partial charge on any atom is 0.310 e. The van der Waals surface area contributed by atoms with Gasteiger partial charge in [0.15, 0.2) is 0 Å². The lowest BCUT2D eigenvalue weighted by atomic mass is 9.81. The van der Waals surface area contributed by atoms with Crippen LogP contribution in [0.2, 0.25) is 0 Å². The number of carbonyl (C=O) groups excluding carboxylic acids is 1. The number of esters is 1. The van der Waals surface area contributed by atoms with Gasteiger partial charge >= 0.3 is 5.97 Å². The van der Waals surface area contributed by atoms with E-state index in [2.05, 4.69) is 39.9 Å². The van der Waals surface area contributed by atoms with E-state index in [0.29, 0.717) is 12.2 Å². The van der Waals surface area contributed by atoms with Gasteiger partial charge in [0.1, 0.15) is 13.7 Å². The Bertz CT molecular complexity index is 1070. The highest BCUT2D eigenvalue weighted by molar-refractivity contribution is 6.34. The number of ether oxygens (including phenoxy) is 1. The van der Waals surface area contributed by atoms with E-state index in [9.17, 15) is 9.18 Å². The molecule has 0 aliphatic carbocycles. The molecule has 0 N–H and O–H groups in total. The third-order valence-electron chi connectivity index (χ3n) is 5.55. The Hall–Kier alpha value is -2.88. The molecule has 0 radical (unpaired) electrons. The summed E-state index contributed by atoms with van der Waals surface area (Å²) in [6.45, 7) is 8.17. The second kappa shape index (κ2) is 8.65. The topological polar surface area (TPSA) is 26.3 Å². The first-order valence-corrected chi connectivity index (χ1v) is 9.94. The van der Waals surface area contributed by atoms with Crippen molar-refractivity contribution in [2.45, 2.75) is 34.1 Å². The summed E-state index contributed by atoms with van der Waals surface area (Å²) in [5.74, 6) is -0.468. The zero-order valence-electron chi connectivity index (χ0n) is 17.7. The highest BCUT2D eigenvalue weighted by atomic mass is 19.1. The largest absolute Gasteiger partial charge is 0.466 e. The lowest BCUT2D eigenvalue weighted by Gasteiger charge is -2.17. The summed E-state index contributed by atoms with van der Waals surface area (Å²) in [5, 5.41) is 0. The van der Waals surface area contributed by atoms with Crippen LogP contribution in [-0.2, 0) is 16.0 Å². The maximum absolute atomic E-state index is 13.9. The van der Waals surface area contributed by atoms with E-state index in [-0.39, 0.29) is 18.2 Å². The first-order valence-electron chi connectivity index (χ1n) is 9.94. The molecule has 0 aromatic heterocycles. The van der Waals surface area contributed by atoms with Gasteiger partial charge in [-0.15, -0.1) is 0 Å². The molecule has 0 bridgehead atoms. The van der Waals surface area contributed by atoms with Crippen molar-refractivity contribution >= 4 is 19.3 Å². The van der Waals surface area contributed by atoms with Crippen LogP contribution in [0.3, 0.4) is 0 Å². The molecule has 3 aromatic carbocycles. The van der Waals surface area contributed by atoms with Gasteiger partial charge in [-0.2, -0.15) is 0 Å². The van der Waals surface area contributed by atoms with Gasteiger partial charge in [0.05, 0.1) is 13.0 Å². The molecule has 0 aliphatic rings. The van der Waals surface area contributed by atoms with Crippen LogP contribution in [0, 0.1) is 26.6 Å². The summed E-state index contributed by atoms with van der Waals surface area (Å²) in [6, 6.07) is 15.5. The number of carbonyl (C=O) groups is 1. The van der Waals surface area contributed by atoms with Crippen molar-refractivity contribution in [3.05, 3.63) is 76.6 Å². The molecule has 3 rings (SSSR count). The van der Waals surface area contributed by atoms with Crippen LogP contribution in [0.4, 0.5) is 4.39 Å². The van der Waals surface area contributed by atoms with Gasteiger partial charge in [0.2, 0.25) is 0 Å². The fourth-order valence-electron chi connectivity index (χ4n) is 3.61. The van der Waals surface area contributed by atoms with E-state index in [1.165, 1.54) is 22.7 Å². The Morgan fingerprint density at radius 1 is 0.931 bits per heavy atom. The maximum atomic E-state index is 13.9. The van der Waals surface area contributed by atoms with E-state index >= 15 is 0 Å². The average molecular weight is 388 g/mol. The van der Waals surface area contributed by atoms with Crippen molar-refractivity contribution < 1.29 is 13.9 Å². The number of aryl methyl sites for hydroxylation is 2. The Morgan fingerprint density at radius 2 is 1.66 bits per heavy atom. The van der Waals surface area contributed by atoms with E-state index in [1.807, 2.05) is 18.2 Å². The molecular weight excluding hydrogens is 362 g/mol. The van der Waals surface area contributed by atoms with E-state index in [0.717, 1.165) is 27.8 Å². The van der Waals surface area contributed by atoms with Crippen molar-refractivity contribution in [1.29, 1.82) is 0 Å². The number of halogens is 1. The lowest BCUT2D eigenvalue weighted by Crippen LogP contribution is -2.12. The predicted octanol–water partition coefficient (Wildman–Crippen LogP) is 4.45. The van der Waals surface area contributed by atoms with Crippen LogP contribution >= 0.6 is 0 Å². The minimum absolute atomic E-state index is 0.215. The van der Waals surface area contributed by atoms with Crippen LogP contribution in [0.25, 0.3) is 22.3 Å². The second-order valence-corrected chi connectivity index (χ2v) is 7.51. The molecule has 0 aliphatic heterocycles. The van der Waals surface area contributed by atoms with Crippen molar-refractivity contribution in [2.75, 3.05) is 6.61 Å². The SMILES string of the molecule is Bc1c(C)ccc(-c2ccc(CC(=O)OCC)cc2-c2ccc(F)c(C)c2)c1C. The van der Waals surface area contributed by atoms with Gasteiger partial charge in [-0.3, -0.25) is 4.79 Å². The average Bonchev–Trinajstić information content (AvgIpc) is 2.69. The summed E-state index contributed by atoms with van der Waals surface area (Å²) < 4.78 is 19.0. The smallest absolute Gasteiger partial charge is 0.310 e. The number of benzene rings is 3. The summed E-state index contributed by atoms with van der Waals surface area (Å²) in [6.07, 6.45) is 0.215. The molecule has 0 saturated carbocycles. The fourth-order valence-corrected chi connectivity index (χ4v) is 3.61. The van der Waals surface area contributed by atoms with E-state index in [4.69, 9.17) is 4.74 Å². The Kier molecular flexibility index (Phi) is 6.22. The standard InChI is InChI=1S/C25H26BFO2/c1-5-29-24(28)14-18-7-10-21(20-9-6-15(2)25(26)17(20)4)22(13-18)19-8-11-23(27)16(3)12-19/h6-13H,5,14,26H2,1-4H3. The highest BCUT2D eigenvalue weighted by Crippen LogP contribution is 2.35. The first-order chi connectivity index (χ1) is 13.8. The van der Waals surface area contributed by atoms with Crippen LogP contribution in [0.15, 0.2) is 48.5 Å². The Balaban J connectivity index is 2.19. The van der Waals surface area contributed by atoms with Gasteiger partial charge in [-0.1, -0.05) is 41.4 Å². The summed E-state index contributed by atoms with van der Waals surface area (Å²) in [5.41, 5.74) is 9.36. The van der Waals surface area contributed by atoms with Gasteiger partial charge in [-0.05, 0) is 84.8 Å². The molecule has 0 atom stereocenters. The zero-order chi connectivity index (χ0) is 21.1. The third kappa shape index (κ3) is 4.42. The molecule has 0 spiro atoms. The molecule has 0 heterocycles. The van der Waals surface area contributed by atoms with Crippen molar-refractivity contribution in [3.63, 3.8) is 0 Å². The van der Waals surface area contributed by atoms with E-state index in [1.54, 1.807) is 19.9 Å². The van der Waals surface area contributed by atoms with Gasteiger partial charge in [0, 0.05) is 0 Å². The molecule has 0 saturated heterocycles. The van der Waals surface area contributed by atoms with E-state index < -0.39 is 0 Å². The summed E-state index contributed by atoms with van der Waals surface area (Å²) in [7, 11) is 2.13. The van der Waals surface area contributed by atoms with Crippen molar-refractivity contribution in [1.82, 2.24) is 0 Å². The normalized spacial score (nSPS) is 10.8. The minimum atomic E-state index is -0.246. The molecule has 3 aromatic rings. The quantitative estimate of drug-likeness (QED) is 0.477. The van der Waals surface area contributed by atoms with Crippen LogP contribution in [-0.4, -0.2) is 20.4 Å². The minimum Gasteiger partial charge on any atom is -0.466 e. The molecular formula is C25H26BFO2. The molecule has 0 amide bonds. The predicted molar refractivity (Wildman–Crippen MR) is 120 cm³/mol. The Labute approximate surface area is 173 Å². The summed E-state index contributed by atoms with van der Waals surface area (Å²) >= 11 is 0. The number of rotatable bonds is 5. The molecule has 2 nitrogen and oxygen atoms in total. The monoisotopic (exact) mass is 388 g/mol. The second-order valence-electron chi connectivity index (χ2n) is 7.51. The van der Waals surface area contributed by atoms with Crippen LogP contribution in [0.1, 0.15) is 29.2 Å². The van der Waals surface area contributed by atoms with Gasteiger partial charge in [-0.25, -0.2) is 4.39 Å². The zero-order valence-corrected chi connectivity index (χ0v) is 17.7. The molecule has 4 heteroatoms. The molecule has 148 valence electrons. The fraction of sp³-hybridized carbons (Fsp3) is 0.240. The highest BCUT2D eigenvalue weighted by Gasteiger charge is 2.15. The van der Waals surface area contributed by atoms with Crippen LogP contribution < -0.4 is 5.46 Å². The Morgan fingerprint density at radius 3 is 2.34 bits per heavy atom. The van der Waals surface area contributed by atoms with Gasteiger partial charge < -0.3 is 4.74 Å². The number of hydrogen-bond acceptors (Lipinski definition) is 2. The molecule has 0 fully saturated rings. The molecule has 29 heavy (non-hydrogen) atoms. The number of hydrogen-bond donors (Lipinski definition) is 0.